The molecule has 5 saturated carbocycles. The number of nitrogens with zero attached hydrogens (tertiary/aromatic N) is 1. The Hall–Kier alpha value is -2.24. The fourth-order valence-electron chi connectivity index (χ4n) is 14.8. The number of nitrogens with one attached hydrogen (secondary N) is 1. The molecule has 3 unspecified atom stereocenters. The summed E-state index contributed by atoms with van der Waals surface area (Å²) in [7, 11) is 0. The molecule has 0 spiro atoms. The van der Waals surface area contributed by atoms with E-state index in [4.69, 9.17) is 9.47 Å². The molecule has 4 atom stereocenters. The minimum absolute atomic E-state index is 0.0394. The molecule has 83 heavy (non-hydrogen) atoms. The molecule has 0 radical (unpaired) electrons. The molecule has 1 N–H and O–H groups in total. The summed E-state index contributed by atoms with van der Waals surface area (Å²) in [5, 5.41) is 3.09. The van der Waals surface area contributed by atoms with Gasteiger partial charge in [-0.2, -0.15) is 0 Å². The highest BCUT2D eigenvalue weighted by atomic mass is 16.6. The highest BCUT2D eigenvalue weighted by Crippen LogP contribution is 2.60. The van der Waals surface area contributed by atoms with Gasteiger partial charge in [0.1, 0.15) is 11.2 Å². The average Bonchev–Trinajstić information content (AvgIpc) is 2.76. The molecule has 0 aromatic rings. The summed E-state index contributed by atoms with van der Waals surface area (Å²) in [4.78, 5) is 25.6. The standard InChI is InChI=1S/C13H25NO2.C12H23NO2.2C12H20.C11H22.C9H18.C8H16/c1-10(2)13(8-6-7-9-13)14-11(15)16-12(3,4)5;1-9(2)10-7-6-8-13(10)11(14)15-12(3,4)5;1-8(2)10-6-5-9-7-11(10)12(9,3)4;1-9(2)11-5-7-12(8-6-11)10(3)4;1-10(2)11-8-6-4-3-5-7-9-11;1-8(2)9-6-4-3-5-7-9;1-7(2)8-5-3-4-6-8/h10H,6-9H2,1-5H3,(H,14,15);9-10H,6-8H2,1-5H3;6,8-9,11H,5,7H2,1-4H3;7,10-11H,1,5-6,8H2,2-4H3;10-11H,3-9H2,1-2H3;8-9H,3-7H2,1-2H3;7-8H,3-6H2,1-2H3/t;;;11-;;;/m...1.../s1. The van der Waals surface area contributed by atoms with Gasteiger partial charge in [-0.15, -0.1) is 0 Å². The predicted octanol–water partition coefficient (Wildman–Crippen LogP) is 24.2. The third-order valence-electron chi connectivity index (χ3n) is 21.1. The van der Waals surface area contributed by atoms with E-state index in [-0.39, 0.29) is 23.3 Å². The summed E-state index contributed by atoms with van der Waals surface area (Å²) in [6, 6.07) is 0.361. The van der Waals surface area contributed by atoms with Crippen molar-refractivity contribution in [3.05, 3.63) is 35.5 Å². The lowest BCUT2D eigenvalue weighted by atomic mass is 9.48. The molecule has 0 aromatic heterocycles. The van der Waals surface area contributed by atoms with Crippen molar-refractivity contribution in [3.8, 4) is 0 Å². The smallest absolute Gasteiger partial charge is 0.410 e. The van der Waals surface area contributed by atoms with Crippen LogP contribution in [0.3, 0.4) is 0 Å². The van der Waals surface area contributed by atoms with Crippen molar-refractivity contribution >= 4 is 12.2 Å². The van der Waals surface area contributed by atoms with Gasteiger partial charge >= 0.3 is 12.2 Å². The molecule has 8 aliphatic carbocycles. The van der Waals surface area contributed by atoms with E-state index in [9.17, 15) is 9.59 Å². The zero-order chi connectivity index (χ0) is 62.9. The van der Waals surface area contributed by atoms with Crippen LogP contribution in [-0.4, -0.2) is 46.4 Å². The molecule has 1 saturated heterocycles. The second-order valence-electron chi connectivity index (χ2n) is 32.7. The maximum absolute atomic E-state index is 11.9. The first-order chi connectivity index (χ1) is 38.6. The maximum Gasteiger partial charge on any atom is 0.410 e. The number of hydrogen-bond donors (Lipinski definition) is 1. The Morgan fingerprint density at radius 1 is 0.566 bits per heavy atom. The van der Waals surface area contributed by atoms with E-state index in [1.54, 1.807) is 11.1 Å². The number of alkyl carbamates (subject to hydrolysis) is 1. The summed E-state index contributed by atoms with van der Waals surface area (Å²) in [6.45, 7) is 55.4. The van der Waals surface area contributed by atoms with Crippen molar-refractivity contribution in [3.63, 3.8) is 0 Å². The quantitative estimate of drug-likeness (QED) is 0.234. The van der Waals surface area contributed by atoms with Gasteiger partial charge < -0.3 is 19.7 Å². The molecule has 6 nitrogen and oxygen atoms in total. The van der Waals surface area contributed by atoms with Crippen LogP contribution in [0.15, 0.2) is 35.5 Å². The Kier molecular flexibility index (Phi) is 34.8. The molecular weight excluding hydrogens is 1020 g/mol. The molecule has 2 amide bonds. The molecular formula is C77H144N2O4. The second-order valence-corrected chi connectivity index (χ2v) is 32.7. The molecule has 1 aliphatic heterocycles. The Balaban J connectivity index is 0.000000334. The molecule has 9 rings (SSSR count). The van der Waals surface area contributed by atoms with Crippen LogP contribution in [0.1, 0.15) is 333 Å². The monoisotopic (exact) mass is 1160 g/mol. The third kappa shape index (κ3) is 28.6. The van der Waals surface area contributed by atoms with Crippen molar-refractivity contribution in [1.29, 1.82) is 0 Å². The van der Waals surface area contributed by atoms with E-state index < -0.39 is 5.60 Å². The van der Waals surface area contributed by atoms with E-state index in [0.29, 0.717) is 23.3 Å². The lowest BCUT2D eigenvalue weighted by Crippen LogP contribution is -2.51. The minimum atomic E-state index is -0.416. The van der Waals surface area contributed by atoms with Gasteiger partial charge in [-0.05, 0) is 189 Å². The van der Waals surface area contributed by atoms with E-state index in [0.717, 1.165) is 97.3 Å². The molecule has 486 valence electrons. The van der Waals surface area contributed by atoms with Crippen molar-refractivity contribution in [2.24, 2.45) is 82.3 Å². The van der Waals surface area contributed by atoms with Crippen molar-refractivity contribution in [2.75, 3.05) is 6.54 Å². The van der Waals surface area contributed by atoms with Crippen LogP contribution in [0.4, 0.5) is 9.59 Å². The van der Waals surface area contributed by atoms with Crippen LogP contribution in [0, 0.1) is 82.3 Å². The van der Waals surface area contributed by atoms with Crippen molar-refractivity contribution in [2.45, 2.75) is 355 Å². The molecule has 2 bridgehead atoms. The van der Waals surface area contributed by atoms with E-state index >= 15 is 0 Å². The van der Waals surface area contributed by atoms with Gasteiger partial charge in [-0.3, -0.25) is 0 Å². The zero-order valence-electron chi connectivity index (χ0n) is 59.8. The number of fused-ring (bicyclic) bond motifs is 1. The summed E-state index contributed by atoms with van der Waals surface area (Å²) in [5.74, 6) is 11.1. The van der Waals surface area contributed by atoms with Gasteiger partial charge in [0.2, 0.25) is 0 Å². The van der Waals surface area contributed by atoms with Gasteiger partial charge in [0.05, 0.1) is 0 Å². The van der Waals surface area contributed by atoms with Crippen LogP contribution < -0.4 is 5.32 Å². The fraction of sp³-hybridized carbons (Fsp3) is 0.896. The zero-order valence-corrected chi connectivity index (χ0v) is 59.8. The summed E-state index contributed by atoms with van der Waals surface area (Å²) >= 11 is 0. The van der Waals surface area contributed by atoms with E-state index in [2.05, 4.69) is 142 Å². The van der Waals surface area contributed by atoms with Crippen molar-refractivity contribution in [1.82, 2.24) is 10.2 Å². The lowest BCUT2D eigenvalue weighted by molar-refractivity contribution is -0.0116. The summed E-state index contributed by atoms with van der Waals surface area (Å²) in [6.07, 6.45) is 41.8. The van der Waals surface area contributed by atoms with E-state index in [1.165, 1.54) is 153 Å². The van der Waals surface area contributed by atoms with Crippen LogP contribution in [-0.2, 0) is 9.47 Å². The molecule has 0 aromatic carbocycles. The first-order valence-corrected chi connectivity index (χ1v) is 35.7. The number of hydrogen-bond acceptors (Lipinski definition) is 4. The Bertz CT molecular complexity index is 1840. The van der Waals surface area contributed by atoms with Crippen molar-refractivity contribution < 1.29 is 19.1 Å². The van der Waals surface area contributed by atoms with Crippen LogP contribution in [0.5, 0.6) is 0 Å². The number of likely N-dealkylation sites (tertiary alicyclic amines) is 1. The number of ether oxygens (including phenoxy) is 2. The van der Waals surface area contributed by atoms with E-state index in [1.807, 2.05) is 46.4 Å². The lowest BCUT2D eigenvalue weighted by Gasteiger charge is -2.57. The highest BCUT2D eigenvalue weighted by molar-refractivity contribution is 5.69. The van der Waals surface area contributed by atoms with Crippen LogP contribution >= 0.6 is 0 Å². The first-order valence-electron chi connectivity index (χ1n) is 35.7. The Labute approximate surface area is 518 Å². The third-order valence-corrected chi connectivity index (χ3v) is 21.1. The topological polar surface area (TPSA) is 67.9 Å². The number of allylic oxidation sites excluding steroid dienone is 5. The van der Waals surface area contributed by atoms with Gasteiger partial charge in [0.25, 0.3) is 0 Å². The summed E-state index contributed by atoms with van der Waals surface area (Å²) < 4.78 is 10.7. The van der Waals surface area contributed by atoms with Crippen LogP contribution in [0.25, 0.3) is 0 Å². The highest BCUT2D eigenvalue weighted by Gasteiger charge is 2.51. The summed E-state index contributed by atoms with van der Waals surface area (Å²) in [5.41, 5.74) is 4.52. The predicted molar refractivity (Wildman–Crippen MR) is 363 cm³/mol. The van der Waals surface area contributed by atoms with Gasteiger partial charge in [0.15, 0.2) is 0 Å². The number of carbonyl (C=O) groups excluding carboxylic acids is 2. The average molecular weight is 1160 g/mol. The molecule has 6 fully saturated rings. The maximum atomic E-state index is 11.9. The molecule has 1 heterocycles. The minimum Gasteiger partial charge on any atom is -0.444 e. The molecule has 6 heteroatoms. The number of rotatable bonds is 9. The van der Waals surface area contributed by atoms with Gasteiger partial charge in [-0.25, -0.2) is 9.59 Å². The molecule has 9 aliphatic rings. The Morgan fingerprint density at radius 3 is 1.35 bits per heavy atom. The SMILES string of the molecule is C=C(C)[C@@H]1CC=C(C(C)C)CC1.CC(C)C1(NC(=O)OC(C)(C)C)CCCC1.CC(C)C1=CCC2CC1C2(C)C.CC(C)C1CCCC1.CC(C)C1CCCCC1.CC(C)C1CCCCCCC1.CC(C)C1CCCN1C(=O)OC(C)(C)C. The normalized spacial score (nSPS) is 24.5. The van der Waals surface area contributed by atoms with Gasteiger partial charge in [0, 0.05) is 18.1 Å². The van der Waals surface area contributed by atoms with Crippen LogP contribution in [0.2, 0.25) is 0 Å². The first kappa shape index (κ1) is 76.9. The van der Waals surface area contributed by atoms with Gasteiger partial charge in [-0.1, -0.05) is 262 Å². The second kappa shape index (κ2) is 37.6. The number of carbonyl (C=O) groups is 2. The number of amides is 2. The fourth-order valence-corrected chi connectivity index (χ4v) is 14.8. The largest absolute Gasteiger partial charge is 0.444 e. The Morgan fingerprint density at radius 2 is 1.01 bits per heavy atom.